The third kappa shape index (κ3) is 2.67. The maximum atomic E-state index is 10.0. The van der Waals surface area contributed by atoms with Crippen LogP contribution < -0.4 is 4.74 Å². The average Bonchev–Trinajstić information content (AvgIpc) is 2.55. The van der Waals surface area contributed by atoms with Crippen LogP contribution in [-0.2, 0) is 4.74 Å². The highest BCUT2D eigenvalue weighted by Gasteiger charge is 2.44. The molecule has 5 atom stereocenters. The maximum absolute atomic E-state index is 10.0. The molecule has 2 aromatic carbocycles. The van der Waals surface area contributed by atoms with E-state index in [9.17, 15) is 20.4 Å². The van der Waals surface area contributed by atoms with E-state index in [0.29, 0.717) is 5.75 Å². The van der Waals surface area contributed by atoms with Gasteiger partial charge >= 0.3 is 0 Å². The van der Waals surface area contributed by atoms with Gasteiger partial charge in [0.2, 0.25) is 6.29 Å². The van der Waals surface area contributed by atoms with Crippen LogP contribution in [0.3, 0.4) is 0 Å². The van der Waals surface area contributed by atoms with E-state index >= 15 is 0 Å². The molecule has 0 bridgehead atoms. The van der Waals surface area contributed by atoms with E-state index in [2.05, 4.69) is 0 Å². The molecule has 1 aliphatic rings. The average molecular weight is 306 g/mol. The molecule has 2 aromatic rings. The van der Waals surface area contributed by atoms with E-state index in [-0.39, 0.29) is 0 Å². The zero-order valence-electron chi connectivity index (χ0n) is 11.7. The molecule has 0 radical (unpaired) electrons. The van der Waals surface area contributed by atoms with Gasteiger partial charge in [-0.1, -0.05) is 36.4 Å². The van der Waals surface area contributed by atoms with Crippen molar-refractivity contribution in [2.75, 3.05) is 6.61 Å². The van der Waals surface area contributed by atoms with Crippen molar-refractivity contribution >= 4 is 10.8 Å². The first kappa shape index (κ1) is 15.2. The van der Waals surface area contributed by atoms with Crippen LogP contribution in [0.4, 0.5) is 0 Å². The zero-order valence-corrected chi connectivity index (χ0v) is 11.7. The molecule has 6 nitrogen and oxygen atoms in total. The smallest absolute Gasteiger partial charge is 0.229 e. The summed E-state index contributed by atoms with van der Waals surface area (Å²) in [6.45, 7) is -0.486. The Morgan fingerprint density at radius 2 is 1.64 bits per heavy atom. The summed E-state index contributed by atoms with van der Waals surface area (Å²) < 4.78 is 11.0. The molecule has 0 saturated carbocycles. The second-order valence-corrected chi connectivity index (χ2v) is 5.29. The van der Waals surface area contributed by atoms with E-state index in [4.69, 9.17) is 9.47 Å². The van der Waals surface area contributed by atoms with Gasteiger partial charge in [-0.2, -0.15) is 0 Å². The van der Waals surface area contributed by atoms with Gasteiger partial charge in [-0.15, -0.1) is 0 Å². The monoisotopic (exact) mass is 306 g/mol. The number of benzene rings is 2. The first-order valence-electron chi connectivity index (χ1n) is 7.07. The molecule has 22 heavy (non-hydrogen) atoms. The number of rotatable bonds is 3. The first-order valence-corrected chi connectivity index (χ1v) is 7.07. The number of aliphatic hydroxyl groups is 4. The van der Waals surface area contributed by atoms with Crippen LogP contribution in [0, 0.1) is 0 Å². The van der Waals surface area contributed by atoms with Crippen molar-refractivity contribution in [3.8, 4) is 5.75 Å². The predicted molar refractivity (Wildman–Crippen MR) is 78.3 cm³/mol. The summed E-state index contributed by atoms with van der Waals surface area (Å²) in [4.78, 5) is 0. The lowest BCUT2D eigenvalue weighted by Crippen LogP contribution is -2.60. The quantitative estimate of drug-likeness (QED) is 0.638. The maximum Gasteiger partial charge on any atom is 0.229 e. The Hall–Kier alpha value is -1.70. The van der Waals surface area contributed by atoms with Gasteiger partial charge in [0.05, 0.1) is 6.61 Å². The summed E-state index contributed by atoms with van der Waals surface area (Å²) in [7, 11) is 0. The highest BCUT2D eigenvalue weighted by Crippen LogP contribution is 2.29. The topological polar surface area (TPSA) is 99.4 Å². The van der Waals surface area contributed by atoms with Gasteiger partial charge in [-0.25, -0.2) is 0 Å². The second-order valence-electron chi connectivity index (χ2n) is 5.29. The molecule has 0 aromatic heterocycles. The largest absolute Gasteiger partial charge is 0.461 e. The zero-order chi connectivity index (χ0) is 15.7. The first-order chi connectivity index (χ1) is 10.6. The highest BCUT2D eigenvalue weighted by molar-refractivity contribution is 5.88. The van der Waals surface area contributed by atoms with Crippen LogP contribution in [0.2, 0.25) is 0 Å². The van der Waals surface area contributed by atoms with Crippen molar-refractivity contribution in [1.82, 2.24) is 0 Å². The van der Waals surface area contributed by atoms with Crippen LogP contribution in [0.25, 0.3) is 10.8 Å². The SMILES string of the molecule is OC[C@H]1O[C@H](Oc2cccc3ccccc23)[C@H](O)[C@@H](O)[C@H]1O. The van der Waals surface area contributed by atoms with Gasteiger partial charge in [-0.3, -0.25) is 0 Å². The van der Waals surface area contributed by atoms with Crippen molar-refractivity contribution in [3.05, 3.63) is 42.5 Å². The van der Waals surface area contributed by atoms with E-state index in [1.807, 2.05) is 36.4 Å². The van der Waals surface area contributed by atoms with E-state index in [1.165, 1.54) is 0 Å². The third-order valence-electron chi connectivity index (χ3n) is 3.84. The van der Waals surface area contributed by atoms with Crippen LogP contribution in [0.1, 0.15) is 0 Å². The molecule has 0 unspecified atom stereocenters. The van der Waals surface area contributed by atoms with E-state index in [1.54, 1.807) is 6.07 Å². The summed E-state index contributed by atoms with van der Waals surface area (Å²) in [6.07, 6.45) is -6.44. The number of hydrogen-bond acceptors (Lipinski definition) is 6. The molecule has 0 aliphatic carbocycles. The molecule has 6 heteroatoms. The fraction of sp³-hybridized carbons (Fsp3) is 0.375. The van der Waals surface area contributed by atoms with Crippen LogP contribution in [-0.4, -0.2) is 57.7 Å². The fourth-order valence-corrected chi connectivity index (χ4v) is 2.59. The molecule has 1 aliphatic heterocycles. The van der Waals surface area contributed by atoms with Crippen LogP contribution in [0.5, 0.6) is 5.75 Å². The molecule has 0 amide bonds. The van der Waals surface area contributed by atoms with Gasteiger partial charge in [0, 0.05) is 5.39 Å². The van der Waals surface area contributed by atoms with Crippen LogP contribution in [0.15, 0.2) is 42.5 Å². The number of fused-ring (bicyclic) bond motifs is 1. The molecule has 1 saturated heterocycles. The van der Waals surface area contributed by atoms with E-state index < -0.39 is 37.3 Å². The van der Waals surface area contributed by atoms with Crippen molar-refractivity contribution in [3.63, 3.8) is 0 Å². The lowest BCUT2D eigenvalue weighted by atomic mass is 9.99. The van der Waals surface area contributed by atoms with Crippen molar-refractivity contribution in [2.24, 2.45) is 0 Å². The van der Waals surface area contributed by atoms with Crippen molar-refractivity contribution < 1.29 is 29.9 Å². The standard InChI is InChI=1S/C16H18O6/c17-8-12-13(18)14(19)15(20)16(22-12)21-11-7-3-5-9-4-1-2-6-10(9)11/h1-7,12-20H,8H2/t12-,13+,14+,15-,16+/m1/s1. The molecular weight excluding hydrogens is 288 g/mol. The minimum atomic E-state index is -1.45. The summed E-state index contributed by atoms with van der Waals surface area (Å²) >= 11 is 0. The molecule has 118 valence electrons. The summed E-state index contributed by atoms with van der Waals surface area (Å²) in [6, 6.07) is 13.0. The van der Waals surface area contributed by atoms with Crippen LogP contribution >= 0.6 is 0 Å². The Balaban J connectivity index is 1.87. The van der Waals surface area contributed by atoms with Gasteiger partial charge in [0.15, 0.2) is 0 Å². The summed E-state index contributed by atoms with van der Waals surface area (Å²) in [5, 5.41) is 40.5. The number of ether oxygens (including phenoxy) is 2. The molecule has 1 fully saturated rings. The molecular formula is C16H18O6. The second kappa shape index (κ2) is 6.20. The normalized spacial score (nSPS) is 32.1. The lowest BCUT2D eigenvalue weighted by Gasteiger charge is -2.39. The summed E-state index contributed by atoms with van der Waals surface area (Å²) in [5.41, 5.74) is 0. The molecule has 4 N–H and O–H groups in total. The number of hydrogen-bond donors (Lipinski definition) is 4. The van der Waals surface area contributed by atoms with Crippen molar-refractivity contribution in [2.45, 2.75) is 30.7 Å². The Morgan fingerprint density at radius 1 is 0.909 bits per heavy atom. The third-order valence-corrected chi connectivity index (χ3v) is 3.84. The Bertz CT molecular complexity index is 638. The minimum absolute atomic E-state index is 0.486. The van der Waals surface area contributed by atoms with Gasteiger partial charge in [-0.05, 0) is 11.5 Å². The fourth-order valence-electron chi connectivity index (χ4n) is 2.59. The predicted octanol–water partition coefficient (Wildman–Crippen LogP) is 0.0185. The molecule has 0 spiro atoms. The Morgan fingerprint density at radius 3 is 2.41 bits per heavy atom. The molecule has 1 heterocycles. The summed E-state index contributed by atoms with van der Waals surface area (Å²) in [5.74, 6) is 0.488. The minimum Gasteiger partial charge on any atom is -0.461 e. The number of aliphatic hydroxyl groups excluding tert-OH is 4. The van der Waals surface area contributed by atoms with E-state index in [0.717, 1.165) is 10.8 Å². The molecule has 3 rings (SSSR count). The Labute approximate surface area is 127 Å². The highest BCUT2D eigenvalue weighted by atomic mass is 16.7. The van der Waals surface area contributed by atoms with Crippen molar-refractivity contribution in [1.29, 1.82) is 0 Å². The lowest BCUT2D eigenvalue weighted by molar-refractivity contribution is -0.277. The van der Waals surface area contributed by atoms with Gasteiger partial charge in [0.25, 0.3) is 0 Å². The van der Waals surface area contributed by atoms with Gasteiger partial charge in [0.1, 0.15) is 30.2 Å². The Kier molecular flexibility index (Phi) is 4.28. The van der Waals surface area contributed by atoms with Gasteiger partial charge < -0.3 is 29.9 Å².